The van der Waals surface area contributed by atoms with Crippen molar-refractivity contribution in [2.45, 2.75) is 219 Å². The van der Waals surface area contributed by atoms with Crippen LogP contribution >= 0.6 is 7.82 Å². The van der Waals surface area contributed by atoms with E-state index in [-0.39, 0.29) is 19.4 Å². The van der Waals surface area contributed by atoms with E-state index in [4.69, 9.17) is 23.6 Å². The van der Waals surface area contributed by atoms with Crippen molar-refractivity contribution in [2.24, 2.45) is 0 Å². The lowest BCUT2D eigenvalue weighted by Gasteiger charge is -2.20. The summed E-state index contributed by atoms with van der Waals surface area (Å²) in [5.41, 5.74) is 0. The fraction of sp³-hybridized carbons (Fsp3) is 0.704. The second-order valence-corrected chi connectivity index (χ2v) is 18.2. The van der Waals surface area contributed by atoms with Crippen LogP contribution in [0, 0.1) is 0 Å². The number of aliphatic hydroxyl groups is 2. The van der Waals surface area contributed by atoms with Gasteiger partial charge in [-0.3, -0.25) is 18.6 Å². The van der Waals surface area contributed by atoms with E-state index >= 15 is 0 Å². The Morgan fingerprint density at radius 1 is 0.477 bits per heavy atom. The fourth-order valence-corrected chi connectivity index (χ4v) is 7.42. The van der Waals surface area contributed by atoms with Gasteiger partial charge in [0.05, 0.1) is 19.8 Å². The van der Waals surface area contributed by atoms with Crippen molar-refractivity contribution in [3.05, 3.63) is 85.1 Å². The van der Waals surface area contributed by atoms with Crippen molar-refractivity contribution in [1.29, 1.82) is 0 Å². The minimum absolute atomic E-state index is 0.113. The Morgan fingerprint density at radius 2 is 0.877 bits per heavy atom. The highest BCUT2D eigenvalue weighted by atomic mass is 31.2. The number of rotatable bonds is 47. The Bertz CT molecular complexity index is 1350. The fourth-order valence-electron chi connectivity index (χ4n) is 6.63. The Kier molecular flexibility index (Phi) is 46.9. The molecule has 0 aromatic rings. The van der Waals surface area contributed by atoms with E-state index in [0.717, 1.165) is 70.6 Å². The van der Waals surface area contributed by atoms with E-state index in [1.807, 2.05) is 0 Å². The van der Waals surface area contributed by atoms with Gasteiger partial charge in [0, 0.05) is 12.8 Å². The summed E-state index contributed by atoms with van der Waals surface area (Å²) >= 11 is 0. The van der Waals surface area contributed by atoms with Gasteiger partial charge in [-0.05, 0) is 89.9 Å². The van der Waals surface area contributed by atoms with E-state index in [0.29, 0.717) is 19.3 Å². The molecule has 0 radical (unpaired) electrons. The lowest BCUT2D eigenvalue weighted by atomic mass is 10.0. The molecule has 0 aliphatic heterocycles. The maximum Gasteiger partial charge on any atom is 0.472 e. The number of aliphatic hydroxyl groups excluding tert-OH is 2. The molecule has 0 heterocycles. The molecule has 0 saturated carbocycles. The van der Waals surface area contributed by atoms with Crippen LogP contribution in [0.25, 0.3) is 0 Å². The Morgan fingerprint density at radius 3 is 1.38 bits per heavy atom. The van der Waals surface area contributed by atoms with Crippen LogP contribution in [0.15, 0.2) is 85.1 Å². The average molecular weight is 933 g/mol. The maximum atomic E-state index is 12.7. The zero-order valence-corrected chi connectivity index (χ0v) is 41.8. The summed E-state index contributed by atoms with van der Waals surface area (Å²) in [4.78, 5) is 35.1. The average Bonchev–Trinajstić information content (AvgIpc) is 3.30. The number of carbonyl (C=O) groups excluding carboxylic acids is 2. The van der Waals surface area contributed by atoms with Crippen LogP contribution < -0.4 is 0 Å². The Labute approximate surface area is 396 Å². The van der Waals surface area contributed by atoms with Crippen LogP contribution in [-0.4, -0.2) is 65.7 Å². The van der Waals surface area contributed by atoms with Crippen LogP contribution in [0.1, 0.15) is 206 Å². The predicted octanol–water partition coefficient (Wildman–Crippen LogP) is 14.6. The first-order chi connectivity index (χ1) is 31.7. The number of carbonyl (C=O) groups is 2. The molecule has 0 bridgehead atoms. The lowest BCUT2D eigenvalue weighted by molar-refractivity contribution is -0.161. The van der Waals surface area contributed by atoms with Gasteiger partial charge in [0.15, 0.2) is 6.10 Å². The van der Waals surface area contributed by atoms with E-state index in [1.165, 1.54) is 89.9 Å². The molecular formula is C54H93O10P. The zero-order chi connectivity index (χ0) is 47.6. The molecule has 0 fully saturated rings. The van der Waals surface area contributed by atoms with Gasteiger partial charge in [0.1, 0.15) is 12.7 Å². The Hall–Kier alpha value is -2.85. The lowest BCUT2D eigenvalue weighted by Crippen LogP contribution is -2.29. The van der Waals surface area contributed by atoms with E-state index in [2.05, 4.69) is 98.9 Å². The maximum absolute atomic E-state index is 12.7. The number of allylic oxidation sites excluding steroid dienone is 14. The van der Waals surface area contributed by atoms with Gasteiger partial charge in [0.25, 0.3) is 0 Å². The minimum Gasteiger partial charge on any atom is -0.462 e. The first kappa shape index (κ1) is 62.1. The van der Waals surface area contributed by atoms with Crippen molar-refractivity contribution in [3.8, 4) is 0 Å². The van der Waals surface area contributed by atoms with Gasteiger partial charge in [0.2, 0.25) is 0 Å². The Balaban J connectivity index is 4.31. The minimum atomic E-state index is -4.65. The third kappa shape index (κ3) is 48.9. The predicted molar refractivity (Wildman–Crippen MR) is 269 cm³/mol. The highest BCUT2D eigenvalue weighted by Gasteiger charge is 2.27. The summed E-state index contributed by atoms with van der Waals surface area (Å²) in [6.07, 6.45) is 60.0. The quantitative estimate of drug-likeness (QED) is 0.0233. The highest BCUT2D eigenvalue weighted by Crippen LogP contribution is 2.43. The molecule has 0 aliphatic rings. The van der Waals surface area contributed by atoms with Crippen LogP contribution in [-0.2, 0) is 32.7 Å². The van der Waals surface area contributed by atoms with Gasteiger partial charge in [-0.25, -0.2) is 4.57 Å². The molecule has 65 heavy (non-hydrogen) atoms. The third-order valence-corrected chi connectivity index (χ3v) is 11.5. The van der Waals surface area contributed by atoms with E-state index in [9.17, 15) is 24.2 Å². The summed E-state index contributed by atoms with van der Waals surface area (Å²) in [5.74, 6) is -1.01. The largest absolute Gasteiger partial charge is 0.472 e. The summed E-state index contributed by atoms with van der Waals surface area (Å²) in [6.45, 7) is 2.20. The summed E-state index contributed by atoms with van der Waals surface area (Å²) < 4.78 is 32.8. The summed E-state index contributed by atoms with van der Waals surface area (Å²) in [6, 6.07) is 0. The number of esters is 2. The van der Waals surface area contributed by atoms with Crippen LogP contribution in [0.4, 0.5) is 0 Å². The number of hydrogen-bond acceptors (Lipinski definition) is 9. The topological polar surface area (TPSA) is 149 Å². The molecule has 10 nitrogen and oxygen atoms in total. The van der Waals surface area contributed by atoms with Gasteiger partial charge in [-0.15, -0.1) is 0 Å². The molecule has 3 N–H and O–H groups in total. The van der Waals surface area contributed by atoms with E-state index in [1.54, 1.807) is 0 Å². The number of unbranched alkanes of at least 4 members (excludes halogenated alkanes) is 19. The molecule has 11 heteroatoms. The number of hydrogen-bond donors (Lipinski definition) is 3. The number of ether oxygens (including phenoxy) is 2. The first-order valence-electron chi connectivity index (χ1n) is 25.5. The van der Waals surface area contributed by atoms with E-state index < -0.39 is 51.8 Å². The van der Waals surface area contributed by atoms with Crippen LogP contribution in [0.3, 0.4) is 0 Å². The third-order valence-electron chi connectivity index (χ3n) is 10.5. The first-order valence-corrected chi connectivity index (χ1v) is 27.0. The molecule has 0 rings (SSSR count). The van der Waals surface area contributed by atoms with Crippen molar-refractivity contribution in [2.75, 3.05) is 26.4 Å². The van der Waals surface area contributed by atoms with Crippen molar-refractivity contribution < 1.29 is 47.8 Å². The SMILES string of the molecule is CC/C=C/C/C=C/C/C=C/C/C=C/C/C=C/CCCCCC(=O)OC[C@H](COP(=O)(O)OC[C@@H](O)CO)OC(=O)CCC/C=C/CC/C=C/CCCCCCCCCCCCCCCC. The molecule has 1 unspecified atom stereocenters. The molecule has 0 aromatic carbocycles. The van der Waals surface area contributed by atoms with Gasteiger partial charge in [-0.1, -0.05) is 189 Å². The standard InChI is InChI=1S/C54H93O10P/c1-3-5-7-9-11-13-15-17-19-21-23-24-25-26-28-30-32-34-36-38-40-42-44-46-54(58)64-52(50-63-65(59,60)62-48-51(56)47-55)49-61-53(57)45-43-41-39-37-35-33-31-29-27-22-20-18-16-14-12-10-8-6-4-2/h6,8,12,14,18,20,27,29-30,32-33,35,38,40,51-52,55-56H,3-5,7,9-11,13,15-17,19,21-26,28,31,34,36-37,39,41-50H2,1-2H3,(H,59,60)/b8-6+,14-12+,20-18+,29-27+,32-30+,35-33+,40-38+/t51-,52+/m0/s1. The highest BCUT2D eigenvalue weighted by molar-refractivity contribution is 7.47. The van der Waals surface area contributed by atoms with Crippen LogP contribution in [0.2, 0.25) is 0 Å². The number of phosphoric acid groups is 1. The van der Waals surface area contributed by atoms with Crippen molar-refractivity contribution >= 4 is 19.8 Å². The normalized spacial score (nSPS) is 14.4. The van der Waals surface area contributed by atoms with Crippen LogP contribution in [0.5, 0.6) is 0 Å². The van der Waals surface area contributed by atoms with Crippen molar-refractivity contribution in [1.82, 2.24) is 0 Å². The molecule has 0 spiro atoms. The van der Waals surface area contributed by atoms with Gasteiger partial charge < -0.3 is 24.6 Å². The zero-order valence-electron chi connectivity index (χ0n) is 40.9. The van der Waals surface area contributed by atoms with Gasteiger partial charge in [-0.2, -0.15) is 0 Å². The molecule has 3 atom stereocenters. The second-order valence-electron chi connectivity index (χ2n) is 16.8. The molecule has 0 aromatic heterocycles. The van der Waals surface area contributed by atoms with Crippen molar-refractivity contribution in [3.63, 3.8) is 0 Å². The second kappa shape index (κ2) is 49.1. The molecule has 0 saturated heterocycles. The monoisotopic (exact) mass is 933 g/mol. The molecule has 374 valence electrons. The summed E-state index contributed by atoms with van der Waals surface area (Å²) in [5, 5.41) is 18.4. The smallest absolute Gasteiger partial charge is 0.462 e. The molecule has 0 amide bonds. The molecular weight excluding hydrogens is 840 g/mol. The number of phosphoric ester groups is 1. The summed E-state index contributed by atoms with van der Waals surface area (Å²) in [7, 11) is -4.65. The molecule has 0 aliphatic carbocycles. The van der Waals surface area contributed by atoms with Gasteiger partial charge >= 0.3 is 19.8 Å².